The van der Waals surface area contributed by atoms with Gasteiger partial charge < -0.3 is 4.57 Å². The van der Waals surface area contributed by atoms with Crippen LogP contribution in [0, 0.1) is 11.3 Å². The van der Waals surface area contributed by atoms with Crippen molar-refractivity contribution < 1.29 is 0 Å². The molecule has 8 heteroatoms. The van der Waals surface area contributed by atoms with Crippen molar-refractivity contribution in [2.45, 2.75) is 33.1 Å². The smallest absolute Gasteiger partial charge is 0.165 e. The average molecular weight is 437 g/mol. The summed E-state index contributed by atoms with van der Waals surface area (Å²) in [7, 11) is 1.89. The predicted octanol–water partition coefficient (Wildman–Crippen LogP) is 4.56. The summed E-state index contributed by atoms with van der Waals surface area (Å²) in [6, 6.07) is 9.94. The summed E-state index contributed by atoms with van der Waals surface area (Å²) in [5.74, 6) is 0.196. The first-order valence-corrected chi connectivity index (χ1v) is 10.9. The lowest BCUT2D eigenvalue weighted by atomic mass is 10.1. The van der Waals surface area contributed by atoms with E-state index in [0.717, 1.165) is 51.3 Å². The van der Waals surface area contributed by atoms with Crippen LogP contribution >= 0.6 is 0 Å². The monoisotopic (exact) mass is 436 g/mol. The van der Waals surface area contributed by atoms with Crippen LogP contribution < -0.4 is 0 Å². The predicted molar refractivity (Wildman–Crippen MR) is 126 cm³/mol. The van der Waals surface area contributed by atoms with Crippen molar-refractivity contribution in [3.05, 3.63) is 72.2 Å². The molecule has 0 fully saturated rings. The lowest BCUT2D eigenvalue weighted by Crippen LogP contribution is -2.03. The number of nitrogens with zero attached hydrogens (tertiary/aromatic N) is 8. The Hall–Kier alpha value is -4.25. The molecule has 1 aromatic carbocycles. The number of aryl methyl sites for hydroxylation is 2. The molecular weight excluding hydrogens is 412 g/mol. The molecule has 0 saturated carbocycles. The zero-order valence-electron chi connectivity index (χ0n) is 19.1. The van der Waals surface area contributed by atoms with Gasteiger partial charge in [0.05, 0.1) is 52.3 Å². The molecule has 0 spiro atoms. The van der Waals surface area contributed by atoms with Crippen molar-refractivity contribution in [3.63, 3.8) is 0 Å². The second kappa shape index (κ2) is 8.02. The number of aromatic nitrogens is 7. The van der Waals surface area contributed by atoms with Gasteiger partial charge in [-0.05, 0) is 42.2 Å². The van der Waals surface area contributed by atoms with E-state index in [0.29, 0.717) is 5.56 Å². The molecule has 0 aliphatic heterocycles. The van der Waals surface area contributed by atoms with Gasteiger partial charge in [-0.3, -0.25) is 4.68 Å². The normalized spacial score (nSPS) is 11.4. The highest BCUT2D eigenvalue weighted by Gasteiger charge is 2.21. The summed E-state index contributed by atoms with van der Waals surface area (Å²) in [4.78, 5) is 9.32. The Morgan fingerprint density at radius 1 is 1.09 bits per heavy atom. The van der Waals surface area contributed by atoms with E-state index in [-0.39, 0.29) is 5.92 Å². The van der Waals surface area contributed by atoms with Crippen LogP contribution in [-0.2, 0) is 13.5 Å². The third kappa shape index (κ3) is 3.48. The van der Waals surface area contributed by atoms with Crippen LogP contribution in [-0.4, -0.2) is 34.1 Å². The molecule has 5 rings (SSSR count). The second-order valence-corrected chi connectivity index (χ2v) is 8.36. The molecule has 33 heavy (non-hydrogen) atoms. The molecule has 5 aromatic rings. The van der Waals surface area contributed by atoms with Crippen molar-refractivity contribution >= 4 is 11.0 Å². The molecule has 8 nitrogen and oxygen atoms in total. The van der Waals surface area contributed by atoms with E-state index in [1.807, 2.05) is 65.5 Å². The van der Waals surface area contributed by atoms with E-state index in [2.05, 4.69) is 36.9 Å². The molecule has 0 aliphatic carbocycles. The molecule has 0 bridgehead atoms. The number of hydrogen-bond donors (Lipinski definition) is 0. The number of rotatable bonds is 5. The fourth-order valence-corrected chi connectivity index (χ4v) is 4.14. The van der Waals surface area contributed by atoms with E-state index < -0.39 is 0 Å². The highest BCUT2D eigenvalue weighted by Crippen LogP contribution is 2.32. The molecule has 0 radical (unpaired) electrons. The van der Waals surface area contributed by atoms with Crippen LogP contribution in [0.5, 0.6) is 0 Å². The number of nitriles is 1. The van der Waals surface area contributed by atoms with Crippen LogP contribution in [0.2, 0.25) is 0 Å². The summed E-state index contributed by atoms with van der Waals surface area (Å²) in [5.41, 5.74) is 7.19. The molecule has 0 N–H and O–H groups in total. The van der Waals surface area contributed by atoms with Gasteiger partial charge in [-0.1, -0.05) is 20.8 Å². The lowest BCUT2D eigenvalue weighted by molar-refractivity contribution is 0.768. The minimum absolute atomic E-state index is 0.196. The van der Waals surface area contributed by atoms with E-state index in [1.165, 1.54) is 0 Å². The first kappa shape index (κ1) is 20.6. The summed E-state index contributed by atoms with van der Waals surface area (Å²) >= 11 is 0. The third-order valence-corrected chi connectivity index (χ3v) is 5.80. The number of imidazole rings is 1. The third-order valence-electron chi connectivity index (χ3n) is 5.80. The maximum absolute atomic E-state index is 9.32. The number of pyridine rings is 1. The molecule has 4 heterocycles. The number of fused-ring (bicyclic) bond motifs is 1. The van der Waals surface area contributed by atoms with Crippen LogP contribution in [0.4, 0.5) is 0 Å². The topological polar surface area (TPSA) is 90.1 Å². The molecule has 0 unspecified atom stereocenters. The lowest BCUT2D eigenvalue weighted by Gasteiger charge is -2.10. The minimum Gasteiger partial charge on any atom is -0.305 e. The highest BCUT2D eigenvalue weighted by molar-refractivity contribution is 5.89. The second-order valence-electron chi connectivity index (χ2n) is 8.36. The van der Waals surface area contributed by atoms with Crippen LogP contribution in [0.3, 0.4) is 0 Å². The van der Waals surface area contributed by atoms with Crippen molar-refractivity contribution in [3.8, 4) is 28.7 Å². The fraction of sp³-hybridized carbons (Fsp3) is 0.240. The first-order valence-electron chi connectivity index (χ1n) is 10.9. The molecule has 0 saturated heterocycles. The standard InChI is InChI=1S/C25H24N8/c1-5-18-10-17(11-26)6-7-21(18)33-25-23(24(30-33)16(2)3)22(8-9-27-25)32-14-20(28-15-32)19-12-29-31(4)13-19/h6-10,12-16H,5H2,1-4H3. The van der Waals surface area contributed by atoms with E-state index >= 15 is 0 Å². The van der Waals surface area contributed by atoms with E-state index in [4.69, 9.17) is 10.1 Å². The molecule has 0 atom stereocenters. The molecular formula is C25H24N8. The van der Waals surface area contributed by atoms with Gasteiger partial charge in [0.25, 0.3) is 0 Å². The Bertz CT molecular complexity index is 1510. The quantitative estimate of drug-likeness (QED) is 0.403. The molecule has 0 aliphatic rings. The van der Waals surface area contributed by atoms with E-state index in [1.54, 1.807) is 10.9 Å². The zero-order chi connectivity index (χ0) is 23.1. The van der Waals surface area contributed by atoms with Crippen LogP contribution in [0.1, 0.15) is 43.5 Å². The molecule has 0 amide bonds. The molecule has 4 aromatic heterocycles. The average Bonchev–Trinajstić information content (AvgIpc) is 3.56. The largest absolute Gasteiger partial charge is 0.305 e. The van der Waals surface area contributed by atoms with Gasteiger partial charge in [-0.2, -0.15) is 15.5 Å². The summed E-state index contributed by atoms with van der Waals surface area (Å²) in [6.07, 6.45) is 10.2. The Balaban J connectivity index is 1.72. The summed E-state index contributed by atoms with van der Waals surface area (Å²) < 4.78 is 5.69. The maximum atomic E-state index is 9.32. The number of benzene rings is 1. The Morgan fingerprint density at radius 2 is 1.94 bits per heavy atom. The maximum Gasteiger partial charge on any atom is 0.165 e. The number of hydrogen-bond acceptors (Lipinski definition) is 5. The molecule has 164 valence electrons. The van der Waals surface area contributed by atoms with Crippen molar-refractivity contribution in [2.75, 3.05) is 0 Å². The van der Waals surface area contributed by atoms with Gasteiger partial charge in [0.1, 0.15) is 0 Å². The van der Waals surface area contributed by atoms with Crippen molar-refractivity contribution in [1.82, 2.24) is 34.1 Å². The van der Waals surface area contributed by atoms with Gasteiger partial charge in [0, 0.05) is 31.2 Å². The highest BCUT2D eigenvalue weighted by atomic mass is 15.3. The minimum atomic E-state index is 0.196. The zero-order valence-corrected chi connectivity index (χ0v) is 19.1. The van der Waals surface area contributed by atoms with Crippen LogP contribution in [0.25, 0.3) is 33.7 Å². The van der Waals surface area contributed by atoms with Gasteiger partial charge in [0.15, 0.2) is 5.65 Å². The van der Waals surface area contributed by atoms with Crippen LogP contribution in [0.15, 0.2) is 55.4 Å². The first-order chi connectivity index (χ1) is 16.0. The Labute approximate surface area is 191 Å². The SMILES string of the molecule is CCc1cc(C#N)ccc1-n1nc(C(C)C)c2c(-n3cnc(-c4cnn(C)c4)c3)ccnc21. The van der Waals surface area contributed by atoms with Gasteiger partial charge in [-0.15, -0.1) is 0 Å². The van der Waals surface area contributed by atoms with Crippen molar-refractivity contribution in [2.24, 2.45) is 7.05 Å². The van der Waals surface area contributed by atoms with Gasteiger partial charge >= 0.3 is 0 Å². The van der Waals surface area contributed by atoms with Gasteiger partial charge in [0.2, 0.25) is 0 Å². The fourth-order valence-electron chi connectivity index (χ4n) is 4.14. The Kier molecular flexibility index (Phi) is 5.02. The van der Waals surface area contributed by atoms with Gasteiger partial charge in [-0.25, -0.2) is 14.6 Å². The summed E-state index contributed by atoms with van der Waals surface area (Å²) in [5, 5.41) is 19.6. The van der Waals surface area contributed by atoms with E-state index in [9.17, 15) is 5.26 Å². The van der Waals surface area contributed by atoms with Crippen molar-refractivity contribution in [1.29, 1.82) is 5.26 Å². The summed E-state index contributed by atoms with van der Waals surface area (Å²) in [6.45, 7) is 6.36. The Morgan fingerprint density at radius 3 is 2.64 bits per heavy atom.